The van der Waals surface area contributed by atoms with Gasteiger partial charge in [-0.25, -0.2) is 0 Å². The van der Waals surface area contributed by atoms with Crippen LogP contribution in [0.25, 0.3) is 0 Å². The zero-order valence-corrected chi connectivity index (χ0v) is 28.3. The molecule has 0 spiro atoms. The third-order valence-corrected chi connectivity index (χ3v) is 9.03. The lowest BCUT2D eigenvalue weighted by Crippen LogP contribution is -2.44. The first-order valence-corrected chi connectivity index (χ1v) is 17.4. The third kappa shape index (κ3) is 11.9. The Hall–Kier alpha value is -2.60. The molecule has 0 N–H and O–H groups in total. The highest BCUT2D eigenvalue weighted by Crippen LogP contribution is 2.30. The van der Waals surface area contributed by atoms with Crippen molar-refractivity contribution in [1.29, 1.82) is 0 Å². The van der Waals surface area contributed by atoms with E-state index in [2.05, 4.69) is 58.0 Å². The van der Waals surface area contributed by atoms with Crippen LogP contribution in [-0.4, -0.2) is 152 Å². The molecule has 2 fully saturated rings. The molecular formula is C36H56N4O6. The fourth-order valence-electron chi connectivity index (χ4n) is 6.08. The summed E-state index contributed by atoms with van der Waals surface area (Å²) in [5, 5.41) is 0. The van der Waals surface area contributed by atoms with E-state index in [0.717, 1.165) is 114 Å². The summed E-state index contributed by atoms with van der Waals surface area (Å²) in [7, 11) is 4.40. The number of hydrogen-bond acceptors (Lipinski definition) is 10. The van der Waals surface area contributed by atoms with Crippen LogP contribution in [0.2, 0.25) is 0 Å². The van der Waals surface area contributed by atoms with Crippen molar-refractivity contribution >= 4 is 0 Å². The van der Waals surface area contributed by atoms with Crippen molar-refractivity contribution in [2.24, 2.45) is 0 Å². The number of benzene rings is 2. The Morgan fingerprint density at radius 2 is 0.826 bits per heavy atom. The molecule has 0 atom stereocenters. The minimum absolute atomic E-state index is 0.437. The lowest BCUT2D eigenvalue weighted by molar-refractivity contribution is 0.0640. The van der Waals surface area contributed by atoms with Crippen molar-refractivity contribution in [1.82, 2.24) is 19.6 Å². The zero-order chi connectivity index (χ0) is 31.8. The molecule has 46 heavy (non-hydrogen) atoms. The van der Waals surface area contributed by atoms with Crippen LogP contribution >= 0.6 is 0 Å². The first-order valence-electron chi connectivity index (χ1n) is 17.4. The summed E-state index contributed by atoms with van der Waals surface area (Å²) in [4.78, 5) is 9.92. The van der Waals surface area contributed by atoms with E-state index >= 15 is 0 Å². The zero-order valence-electron chi connectivity index (χ0n) is 28.3. The molecule has 0 amide bonds. The first-order chi connectivity index (χ1) is 22.6. The van der Waals surface area contributed by atoms with Gasteiger partial charge in [-0.3, -0.25) is 0 Å². The van der Waals surface area contributed by atoms with E-state index in [0.29, 0.717) is 52.9 Å². The molecule has 0 aliphatic carbocycles. The predicted octanol–water partition coefficient (Wildman–Crippen LogP) is 3.31. The molecule has 0 bridgehead atoms. The number of fused-ring (bicyclic) bond motifs is 2. The molecule has 256 valence electrons. The standard InChI is InChI=1S/C36H56N4O6/c1-37-13-17-39(18-14-37)11-3-5-31-7-9-33-35(29-31)45-27-23-41-22-26-44-34-10-8-32(6-4-12-40-19-15-38(2)16-20-40)30-36(34)46-28-24-42-21-25-43-33/h7-10,29-30H,3-6,11-28H2,1-2H3. The van der Waals surface area contributed by atoms with Crippen LogP contribution in [-0.2, 0) is 22.3 Å². The van der Waals surface area contributed by atoms with E-state index in [1.807, 2.05) is 12.1 Å². The van der Waals surface area contributed by atoms with Crippen molar-refractivity contribution in [3.63, 3.8) is 0 Å². The number of ether oxygens (including phenoxy) is 6. The highest BCUT2D eigenvalue weighted by molar-refractivity contribution is 5.44. The largest absolute Gasteiger partial charge is 0.487 e. The average molecular weight is 641 g/mol. The van der Waals surface area contributed by atoms with Crippen LogP contribution in [0.4, 0.5) is 0 Å². The predicted molar refractivity (Wildman–Crippen MR) is 181 cm³/mol. The average Bonchev–Trinajstić information content (AvgIpc) is 3.06. The lowest BCUT2D eigenvalue weighted by Gasteiger charge is -2.32. The van der Waals surface area contributed by atoms with Crippen molar-refractivity contribution in [2.75, 3.05) is 132 Å². The van der Waals surface area contributed by atoms with Gasteiger partial charge in [0.2, 0.25) is 0 Å². The van der Waals surface area contributed by atoms with Gasteiger partial charge < -0.3 is 48.0 Å². The van der Waals surface area contributed by atoms with Gasteiger partial charge in [-0.05, 0) is 88.3 Å². The number of nitrogens with zero attached hydrogens (tertiary/aromatic N) is 4. The molecular weight excluding hydrogens is 584 g/mol. The maximum absolute atomic E-state index is 6.15. The maximum atomic E-state index is 6.15. The van der Waals surface area contributed by atoms with E-state index in [9.17, 15) is 0 Å². The van der Waals surface area contributed by atoms with E-state index in [1.54, 1.807) is 0 Å². The molecule has 2 aromatic rings. The van der Waals surface area contributed by atoms with Crippen molar-refractivity contribution in [3.8, 4) is 23.0 Å². The summed E-state index contributed by atoms with van der Waals surface area (Å²) in [5.74, 6) is 2.99. The molecule has 3 aliphatic rings. The number of aryl methyl sites for hydroxylation is 2. The van der Waals surface area contributed by atoms with Gasteiger partial charge in [-0.2, -0.15) is 0 Å². The van der Waals surface area contributed by atoms with Gasteiger partial charge in [-0.15, -0.1) is 0 Å². The Labute approximate surface area is 276 Å². The van der Waals surface area contributed by atoms with E-state index in [1.165, 1.54) is 11.1 Å². The topological polar surface area (TPSA) is 68.3 Å². The molecule has 2 saturated heterocycles. The van der Waals surface area contributed by atoms with Crippen LogP contribution in [0, 0.1) is 0 Å². The Balaban J connectivity index is 1.08. The van der Waals surface area contributed by atoms with Crippen LogP contribution in [0.15, 0.2) is 36.4 Å². The molecule has 0 saturated carbocycles. The second kappa shape index (κ2) is 19.3. The monoisotopic (exact) mass is 640 g/mol. The summed E-state index contributed by atoms with van der Waals surface area (Å²) >= 11 is 0. The van der Waals surface area contributed by atoms with Gasteiger partial charge in [0.05, 0.1) is 26.4 Å². The van der Waals surface area contributed by atoms with Crippen LogP contribution < -0.4 is 18.9 Å². The van der Waals surface area contributed by atoms with Crippen molar-refractivity contribution in [3.05, 3.63) is 47.5 Å². The number of hydrogen-bond donors (Lipinski definition) is 0. The van der Waals surface area contributed by atoms with E-state index < -0.39 is 0 Å². The Morgan fingerprint density at radius 1 is 0.457 bits per heavy atom. The van der Waals surface area contributed by atoms with Crippen molar-refractivity contribution < 1.29 is 28.4 Å². The molecule has 0 radical (unpaired) electrons. The Morgan fingerprint density at radius 3 is 1.22 bits per heavy atom. The van der Waals surface area contributed by atoms with Gasteiger partial charge in [0.1, 0.15) is 26.4 Å². The minimum Gasteiger partial charge on any atom is -0.487 e. The molecule has 3 aliphatic heterocycles. The Bertz CT molecular complexity index is 1060. The highest BCUT2D eigenvalue weighted by atomic mass is 16.6. The molecule has 0 unspecified atom stereocenters. The smallest absolute Gasteiger partial charge is 0.161 e. The molecule has 5 rings (SSSR count). The quantitative estimate of drug-likeness (QED) is 0.430. The lowest BCUT2D eigenvalue weighted by atomic mass is 10.1. The molecule has 3 heterocycles. The van der Waals surface area contributed by atoms with Crippen LogP contribution in [0.1, 0.15) is 24.0 Å². The Kier molecular flexibility index (Phi) is 14.6. The molecule has 10 heteroatoms. The molecule has 10 nitrogen and oxygen atoms in total. The normalized spacial score (nSPS) is 20.6. The van der Waals surface area contributed by atoms with Gasteiger partial charge in [0.15, 0.2) is 23.0 Å². The van der Waals surface area contributed by atoms with Gasteiger partial charge in [0.25, 0.3) is 0 Å². The summed E-state index contributed by atoms with van der Waals surface area (Å²) in [6, 6.07) is 12.6. The van der Waals surface area contributed by atoms with Crippen LogP contribution in [0.3, 0.4) is 0 Å². The SMILES string of the molecule is CN1CCN(CCCc2ccc3c(c2)OCCOCCOc2ccc(CCCN4CCN(C)CC4)cc2OCCOCCO3)CC1. The fourth-order valence-corrected chi connectivity index (χ4v) is 6.08. The van der Waals surface area contributed by atoms with Crippen LogP contribution in [0.5, 0.6) is 23.0 Å². The summed E-state index contributed by atoms with van der Waals surface area (Å²) in [6.07, 6.45) is 4.28. The minimum atomic E-state index is 0.437. The van der Waals surface area contributed by atoms with Crippen molar-refractivity contribution in [2.45, 2.75) is 25.7 Å². The number of likely N-dealkylation sites (N-methyl/N-ethyl adjacent to an activating group) is 2. The van der Waals surface area contributed by atoms with Gasteiger partial charge in [-0.1, -0.05) is 12.1 Å². The maximum Gasteiger partial charge on any atom is 0.161 e. The molecule has 2 aromatic carbocycles. The number of rotatable bonds is 8. The third-order valence-electron chi connectivity index (χ3n) is 9.03. The summed E-state index contributed by atoms with van der Waals surface area (Å²) < 4.78 is 36.2. The summed E-state index contributed by atoms with van der Waals surface area (Å²) in [5.41, 5.74) is 2.52. The highest BCUT2D eigenvalue weighted by Gasteiger charge is 2.15. The second-order valence-electron chi connectivity index (χ2n) is 12.7. The van der Waals surface area contributed by atoms with Gasteiger partial charge >= 0.3 is 0 Å². The second-order valence-corrected chi connectivity index (χ2v) is 12.7. The number of piperazine rings is 2. The first kappa shape index (κ1) is 34.7. The molecule has 0 aromatic heterocycles. The van der Waals surface area contributed by atoms with Gasteiger partial charge in [0, 0.05) is 52.4 Å². The van der Waals surface area contributed by atoms with E-state index in [4.69, 9.17) is 28.4 Å². The fraction of sp³-hybridized carbons (Fsp3) is 0.667. The summed E-state index contributed by atoms with van der Waals surface area (Å²) in [6.45, 7) is 15.1. The van der Waals surface area contributed by atoms with E-state index in [-0.39, 0.29) is 0 Å².